The fraction of sp³-hybridized carbons (Fsp3) is 0.333. The van der Waals surface area contributed by atoms with E-state index in [1.165, 1.54) is 0 Å². The molecule has 40 valence electrons. The summed E-state index contributed by atoms with van der Waals surface area (Å²) in [6, 6.07) is 0. The van der Waals surface area contributed by atoms with Crippen molar-refractivity contribution in [3.63, 3.8) is 0 Å². The molecule has 2 N–H and O–H groups in total. The lowest BCUT2D eigenvalue weighted by molar-refractivity contribution is 1.02. The molecule has 3 nitrogen and oxygen atoms in total. The molecule has 0 saturated heterocycles. The Labute approximate surface area is 55.8 Å². The first kappa shape index (κ1) is 6.87. The summed E-state index contributed by atoms with van der Waals surface area (Å²) in [5.41, 5.74) is 2.44. The summed E-state index contributed by atoms with van der Waals surface area (Å²) in [6.07, 6.45) is 0. The minimum atomic E-state index is 0.355. The molecule has 0 unspecified atom stereocenters. The topological polar surface area (TPSA) is 48.2 Å². The maximum atomic E-state index is 6.77. The van der Waals surface area contributed by atoms with Gasteiger partial charge in [-0.15, -0.1) is 0 Å². The third kappa shape index (κ3) is 5.87. The van der Waals surface area contributed by atoms with Gasteiger partial charge in [0.2, 0.25) is 0 Å². The monoisotopic (exact) mass is 211 g/mol. The molecule has 0 heterocycles. The third-order valence-electron chi connectivity index (χ3n) is 0.281. The molecule has 0 fully saturated rings. The minimum absolute atomic E-state index is 0.355. The van der Waals surface area contributed by atoms with Crippen molar-refractivity contribution < 1.29 is 0 Å². The van der Waals surface area contributed by atoms with Gasteiger partial charge in [-0.3, -0.25) is 10.8 Å². The fourth-order valence-electron chi connectivity index (χ4n) is 0.121. The number of nitrogens with one attached hydrogen (secondary N) is 2. The molecule has 0 aromatic carbocycles. The van der Waals surface area contributed by atoms with Gasteiger partial charge in [-0.05, 0) is 29.5 Å². The van der Waals surface area contributed by atoms with Crippen LogP contribution in [0.3, 0.4) is 0 Å². The third-order valence-corrected chi connectivity index (χ3v) is 0.560. The van der Waals surface area contributed by atoms with E-state index >= 15 is 0 Å². The first-order valence-corrected chi connectivity index (χ1v) is 2.95. The van der Waals surface area contributed by atoms with Crippen molar-refractivity contribution in [2.45, 2.75) is 6.92 Å². The van der Waals surface area contributed by atoms with Crippen LogP contribution in [-0.4, -0.2) is 10.1 Å². The summed E-state index contributed by atoms with van der Waals surface area (Å²) in [6.45, 7) is 1.63. The maximum Gasteiger partial charge on any atom is 0.111 e. The molecular weight excluding hydrogens is 205 g/mol. The Bertz CT molecular complexity index is 88.2. The normalized spacial score (nSPS) is 9.43. The maximum absolute atomic E-state index is 6.77. The number of hydrazone groups is 1. The van der Waals surface area contributed by atoms with Crippen molar-refractivity contribution in [1.82, 2.24) is 5.43 Å². The number of nitrogens with zero attached hydrogens (tertiary/aromatic N) is 1. The molecule has 0 aromatic heterocycles. The lowest BCUT2D eigenvalue weighted by Crippen LogP contribution is -2.10. The molecule has 0 amide bonds. The van der Waals surface area contributed by atoms with E-state index in [1.807, 2.05) is 22.6 Å². The van der Waals surface area contributed by atoms with E-state index in [4.69, 9.17) is 5.41 Å². The molecule has 0 radical (unpaired) electrons. The van der Waals surface area contributed by atoms with Gasteiger partial charge in [0.25, 0.3) is 0 Å². The zero-order chi connectivity index (χ0) is 5.70. The Kier molecular flexibility index (Phi) is 3.97. The van der Waals surface area contributed by atoms with E-state index in [1.54, 1.807) is 11.1 Å². The summed E-state index contributed by atoms with van der Waals surface area (Å²) in [4.78, 5) is 0. The van der Waals surface area contributed by atoms with Crippen LogP contribution in [0.25, 0.3) is 0 Å². The van der Waals surface area contributed by atoms with Crippen molar-refractivity contribution >= 4 is 32.6 Å². The standard InChI is InChI=1S/C3H6IN3/c1-3(5)7-6-2-4/h2H,1H3,(H2,5,7)/b6-2+. The van der Waals surface area contributed by atoms with Crippen LogP contribution in [0.4, 0.5) is 0 Å². The minimum Gasteiger partial charge on any atom is -0.287 e. The molecular formula is C3H6IN3. The van der Waals surface area contributed by atoms with Gasteiger partial charge >= 0.3 is 0 Å². The SMILES string of the molecule is CC(=N)N/N=C/I. The molecule has 0 aliphatic heterocycles. The van der Waals surface area contributed by atoms with Crippen LogP contribution in [0.1, 0.15) is 6.92 Å². The van der Waals surface area contributed by atoms with Crippen molar-refractivity contribution in [2.75, 3.05) is 0 Å². The average Bonchev–Trinajstić information content (AvgIpc) is 1.61. The quantitative estimate of drug-likeness (QED) is 0.288. The van der Waals surface area contributed by atoms with Gasteiger partial charge in [-0.1, -0.05) is 0 Å². The largest absolute Gasteiger partial charge is 0.287 e. The van der Waals surface area contributed by atoms with Gasteiger partial charge in [-0.2, -0.15) is 5.10 Å². The van der Waals surface area contributed by atoms with Gasteiger partial charge in [-0.25, -0.2) is 0 Å². The van der Waals surface area contributed by atoms with E-state index < -0.39 is 0 Å². The van der Waals surface area contributed by atoms with Gasteiger partial charge < -0.3 is 0 Å². The summed E-state index contributed by atoms with van der Waals surface area (Å²) in [5.74, 6) is 0.355. The molecule has 0 rings (SSSR count). The highest BCUT2D eigenvalue weighted by molar-refractivity contribution is 14.1. The van der Waals surface area contributed by atoms with E-state index in [0.717, 1.165) is 0 Å². The van der Waals surface area contributed by atoms with Gasteiger partial charge in [0, 0.05) is 0 Å². The number of hydrogen-bond donors (Lipinski definition) is 2. The van der Waals surface area contributed by atoms with Gasteiger partial charge in [0.05, 0.1) is 4.22 Å². The molecule has 0 aromatic rings. The molecule has 0 aliphatic carbocycles. The molecule has 0 spiro atoms. The van der Waals surface area contributed by atoms with Crippen LogP contribution in [-0.2, 0) is 0 Å². The van der Waals surface area contributed by atoms with Crippen LogP contribution in [0.5, 0.6) is 0 Å². The Hall–Kier alpha value is -0.130. The second-order valence-electron chi connectivity index (χ2n) is 0.963. The molecule has 0 bridgehead atoms. The van der Waals surface area contributed by atoms with E-state index in [0.29, 0.717) is 5.84 Å². The van der Waals surface area contributed by atoms with Crippen LogP contribution in [0.2, 0.25) is 0 Å². The Morgan fingerprint density at radius 2 is 2.57 bits per heavy atom. The van der Waals surface area contributed by atoms with E-state index in [-0.39, 0.29) is 0 Å². The molecule has 7 heavy (non-hydrogen) atoms. The number of rotatable bonds is 1. The highest BCUT2D eigenvalue weighted by Gasteiger charge is 1.72. The Morgan fingerprint density at radius 1 is 2.00 bits per heavy atom. The number of amidine groups is 1. The van der Waals surface area contributed by atoms with Crippen LogP contribution < -0.4 is 5.43 Å². The second-order valence-corrected chi connectivity index (χ2v) is 1.52. The van der Waals surface area contributed by atoms with Gasteiger partial charge in [0.15, 0.2) is 0 Å². The van der Waals surface area contributed by atoms with Crippen LogP contribution >= 0.6 is 22.6 Å². The zero-order valence-corrected chi connectivity index (χ0v) is 6.06. The van der Waals surface area contributed by atoms with Gasteiger partial charge in [0.1, 0.15) is 5.84 Å². The molecule has 0 atom stereocenters. The predicted molar refractivity (Wildman–Crippen MR) is 39.0 cm³/mol. The lowest BCUT2D eigenvalue weighted by atomic mass is 10.7. The summed E-state index contributed by atoms with van der Waals surface area (Å²) in [5, 5.41) is 10.3. The predicted octanol–water partition coefficient (Wildman–Crippen LogP) is 0.951. The van der Waals surface area contributed by atoms with Crippen LogP contribution in [0, 0.1) is 5.41 Å². The van der Waals surface area contributed by atoms with Crippen molar-refractivity contribution in [3.8, 4) is 0 Å². The average molecular weight is 211 g/mol. The number of halogens is 1. The highest BCUT2D eigenvalue weighted by atomic mass is 127. The Balaban J connectivity index is 3.14. The van der Waals surface area contributed by atoms with E-state index in [9.17, 15) is 0 Å². The van der Waals surface area contributed by atoms with Crippen molar-refractivity contribution in [3.05, 3.63) is 0 Å². The van der Waals surface area contributed by atoms with Crippen LogP contribution in [0.15, 0.2) is 5.10 Å². The molecule has 4 heteroatoms. The molecule has 0 aliphatic rings. The van der Waals surface area contributed by atoms with Crippen molar-refractivity contribution in [2.24, 2.45) is 5.10 Å². The summed E-state index contributed by atoms with van der Waals surface area (Å²) < 4.78 is 1.57. The first-order valence-electron chi connectivity index (χ1n) is 1.70. The summed E-state index contributed by atoms with van der Waals surface area (Å²) in [7, 11) is 0. The zero-order valence-electron chi connectivity index (χ0n) is 3.90. The summed E-state index contributed by atoms with van der Waals surface area (Å²) >= 11 is 1.97. The lowest BCUT2D eigenvalue weighted by Gasteiger charge is -1.88. The molecule has 0 saturated carbocycles. The Morgan fingerprint density at radius 3 is 2.71 bits per heavy atom. The fourth-order valence-corrected chi connectivity index (χ4v) is 0.260. The number of hydrogen-bond acceptors (Lipinski definition) is 2. The van der Waals surface area contributed by atoms with E-state index in [2.05, 4.69) is 10.5 Å². The second kappa shape index (κ2) is 4.04. The highest BCUT2D eigenvalue weighted by Crippen LogP contribution is 1.67. The smallest absolute Gasteiger partial charge is 0.111 e. The van der Waals surface area contributed by atoms with Crippen molar-refractivity contribution in [1.29, 1.82) is 5.41 Å². The first-order chi connectivity index (χ1) is 3.27.